The van der Waals surface area contributed by atoms with Crippen molar-refractivity contribution in [2.24, 2.45) is 0 Å². The number of fused-ring (bicyclic) bond motifs is 1. The average Bonchev–Trinajstić information content (AvgIpc) is 2.59. The van der Waals surface area contributed by atoms with Crippen molar-refractivity contribution in [1.82, 2.24) is 5.32 Å². The molecule has 1 amide bonds. The van der Waals surface area contributed by atoms with E-state index < -0.39 is 6.36 Å². The summed E-state index contributed by atoms with van der Waals surface area (Å²) in [7, 11) is 0. The van der Waals surface area contributed by atoms with Crippen LogP contribution in [0.25, 0.3) is 0 Å². The molecule has 2 aromatic carbocycles. The highest BCUT2D eigenvalue weighted by atomic mass is 19.4. The molecule has 27 heavy (non-hydrogen) atoms. The fourth-order valence-electron chi connectivity index (χ4n) is 3.43. The Kier molecular flexibility index (Phi) is 5.58. The highest BCUT2D eigenvalue weighted by molar-refractivity contribution is 5.77. The molecule has 7 heteroatoms. The van der Waals surface area contributed by atoms with Crippen LogP contribution >= 0.6 is 0 Å². The van der Waals surface area contributed by atoms with Crippen LogP contribution in [0.2, 0.25) is 0 Å². The van der Waals surface area contributed by atoms with Crippen molar-refractivity contribution < 1.29 is 22.7 Å². The maximum atomic E-state index is 12.5. The van der Waals surface area contributed by atoms with Gasteiger partial charge >= 0.3 is 6.36 Å². The number of hydrogen-bond acceptors (Lipinski definition) is 3. The van der Waals surface area contributed by atoms with Crippen molar-refractivity contribution >= 4 is 11.6 Å². The first-order chi connectivity index (χ1) is 12.8. The van der Waals surface area contributed by atoms with Crippen LogP contribution in [0.5, 0.6) is 5.75 Å². The van der Waals surface area contributed by atoms with Crippen LogP contribution in [-0.2, 0) is 17.6 Å². The maximum Gasteiger partial charge on any atom is 0.573 e. The fraction of sp³-hybridized carbons (Fsp3) is 0.350. The zero-order chi connectivity index (χ0) is 19.4. The summed E-state index contributed by atoms with van der Waals surface area (Å²) in [6, 6.07) is 11.5. The summed E-state index contributed by atoms with van der Waals surface area (Å²) in [4.78, 5) is 12.4. The number of nitrogens with two attached hydrogens (primary N) is 1. The third-order valence-electron chi connectivity index (χ3n) is 4.64. The van der Waals surface area contributed by atoms with Crippen LogP contribution in [0.4, 0.5) is 18.9 Å². The van der Waals surface area contributed by atoms with E-state index in [0.717, 1.165) is 30.4 Å². The molecule has 1 unspecified atom stereocenters. The number of alkyl halides is 3. The molecule has 4 nitrogen and oxygen atoms in total. The molecule has 0 saturated heterocycles. The number of ether oxygens (including phenoxy) is 1. The van der Waals surface area contributed by atoms with Gasteiger partial charge in [0.05, 0.1) is 6.04 Å². The van der Waals surface area contributed by atoms with Crippen molar-refractivity contribution in [2.75, 3.05) is 5.73 Å². The van der Waals surface area contributed by atoms with E-state index in [9.17, 15) is 18.0 Å². The van der Waals surface area contributed by atoms with Crippen molar-refractivity contribution in [3.05, 3.63) is 59.2 Å². The van der Waals surface area contributed by atoms with E-state index in [1.165, 1.54) is 18.2 Å². The number of carbonyl (C=O) groups excluding carboxylic acids is 1. The van der Waals surface area contributed by atoms with E-state index in [2.05, 4.69) is 10.1 Å². The topological polar surface area (TPSA) is 64.3 Å². The number of rotatable bonds is 5. The van der Waals surface area contributed by atoms with E-state index in [-0.39, 0.29) is 30.5 Å². The van der Waals surface area contributed by atoms with Gasteiger partial charge in [0.1, 0.15) is 5.75 Å². The summed E-state index contributed by atoms with van der Waals surface area (Å²) in [5.41, 5.74) is 9.06. The monoisotopic (exact) mass is 378 g/mol. The van der Waals surface area contributed by atoms with Crippen molar-refractivity contribution in [1.29, 1.82) is 0 Å². The van der Waals surface area contributed by atoms with Crippen LogP contribution < -0.4 is 15.8 Å². The molecule has 0 spiro atoms. The number of nitrogens with one attached hydrogen (secondary N) is 1. The summed E-state index contributed by atoms with van der Waals surface area (Å²) >= 11 is 0. The molecular formula is C20H21F3N2O2. The highest BCUT2D eigenvalue weighted by Crippen LogP contribution is 2.31. The summed E-state index contributed by atoms with van der Waals surface area (Å²) in [5, 5.41) is 2.99. The quantitative estimate of drug-likeness (QED) is 0.763. The van der Waals surface area contributed by atoms with Gasteiger partial charge in [-0.25, -0.2) is 0 Å². The first-order valence-corrected chi connectivity index (χ1v) is 8.83. The van der Waals surface area contributed by atoms with Crippen LogP contribution in [0, 0.1) is 0 Å². The molecule has 144 valence electrons. The van der Waals surface area contributed by atoms with Crippen molar-refractivity contribution in [3.63, 3.8) is 0 Å². The Morgan fingerprint density at radius 3 is 2.78 bits per heavy atom. The molecule has 0 radical (unpaired) electrons. The van der Waals surface area contributed by atoms with Crippen LogP contribution in [0.1, 0.15) is 42.0 Å². The second-order valence-corrected chi connectivity index (χ2v) is 6.63. The van der Waals surface area contributed by atoms with Gasteiger partial charge in [-0.15, -0.1) is 13.2 Å². The van der Waals surface area contributed by atoms with Gasteiger partial charge in [-0.2, -0.15) is 0 Å². The van der Waals surface area contributed by atoms with E-state index in [0.29, 0.717) is 11.3 Å². The molecule has 3 N–H and O–H groups in total. The Bertz CT molecular complexity index is 821. The fourth-order valence-corrected chi connectivity index (χ4v) is 3.43. The van der Waals surface area contributed by atoms with Crippen LogP contribution in [-0.4, -0.2) is 12.3 Å². The van der Waals surface area contributed by atoms with Crippen LogP contribution in [0.15, 0.2) is 42.5 Å². The SMILES string of the molecule is Nc1ccc2c(c1)CCCC2NC(=O)CCc1ccccc1OC(F)(F)F. The third-order valence-corrected chi connectivity index (χ3v) is 4.64. The van der Waals surface area contributed by atoms with Crippen molar-refractivity contribution in [2.45, 2.75) is 44.5 Å². The first-order valence-electron chi connectivity index (χ1n) is 8.83. The Labute approximate surface area is 155 Å². The Balaban J connectivity index is 1.62. The maximum absolute atomic E-state index is 12.5. The summed E-state index contributed by atoms with van der Waals surface area (Å²) in [6.45, 7) is 0. The number of hydrogen-bond donors (Lipinski definition) is 2. The molecule has 0 saturated carbocycles. The van der Waals surface area contributed by atoms with Gasteiger partial charge in [0, 0.05) is 12.1 Å². The van der Waals surface area contributed by atoms with E-state index in [1.807, 2.05) is 18.2 Å². The molecule has 1 atom stereocenters. The predicted octanol–water partition coefficient (Wildman–Crippen LogP) is 4.29. The number of aryl methyl sites for hydroxylation is 2. The van der Waals surface area contributed by atoms with Crippen molar-refractivity contribution in [3.8, 4) is 5.75 Å². The number of halogens is 3. The largest absolute Gasteiger partial charge is 0.573 e. The molecule has 0 aliphatic heterocycles. The molecule has 3 rings (SSSR count). The van der Waals surface area contributed by atoms with Gasteiger partial charge < -0.3 is 15.8 Å². The normalized spacial score (nSPS) is 16.5. The predicted molar refractivity (Wildman–Crippen MR) is 96.1 cm³/mol. The minimum absolute atomic E-state index is 0.0824. The molecule has 0 fully saturated rings. The average molecular weight is 378 g/mol. The smallest absolute Gasteiger partial charge is 0.406 e. The van der Waals surface area contributed by atoms with Gasteiger partial charge in [-0.05, 0) is 60.6 Å². The standard InChI is InChI=1S/C20H21F3N2O2/c21-20(22,23)27-18-7-2-1-4-13(18)8-11-19(26)25-17-6-3-5-14-12-15(24)9-10-16(14)17/h1-2,4,7,9-10,12,17H,3,5-6,8,11,24H2,(H,25,26). The van der Waals surface area contributed by atoms with Gasteiger partial charge in [0.15, 0.2) is 0 Å². The minimum atomic E-state index is -4.76. The lowest BCUT2D eigenvalue weighted by atomic mass is 9.87. The van der Waals surface area contributed by atoms with E-state index in [1.54, 1.807) is 6.07 Å². The molecule has 0 heterocycles. The van der Waals surface area contributed by atoms with Gasteiger partial charge in [-0.3, -0.25) is 4.79 Å². The minimum Gasteiger partial charge on any atom is -0.406 e. The number of anilines is 1. The zero-order valence-electron chi connectivity index (χ0n) is 14.7. The van der Waals surface area contributed by atoms with Gasteiger partial charge in [0.2, 0.25) is 5.91 Å². The molecule has 1 aliphatic carbocycles. The lowest BCUT2D eigenvalue weighted by Gasteiger charge is -2.26. The molecule has 0 aromatic heterocycles. The molecular weight excluding hydrogens is 357 g/mol. The lowest BCUT2D eigenvalue weighted by Crippen LogP contribution is -2.31. The highest BCUT2D eigenvalue weighted by Gasteiger charge is 2.32. The lowest BCUT2D eigenvalue weighted by molar-refractivity contribution is -0.274. The number of nitrogen functional groups attached to an aromatic ring is 1. The van der Waals surface area contributed by atoms with E-state index in [4.69, 9.17) is 5.73 Å². The number of amides is 1. The second kappa shape index (κ2) is 7.90. The molecule has 1 aliphatic rings. The van der Waals surface area contributed by atoms with Crippen LogP contribution in [0.3, 0.4) is 0 Å². The summed E-state index contributed by atoms with van der Waals surface area (Å²) in [6.07, 6.45) is -1.81. The Hall–Kier alpha value is -2.70. The third kappa shape index (κ3) is 5.15. The van der Waals surface area contributed by atoms with Gasteiger partial charge in [-0.1, -0.05) is 24.3 Å². The molecule has 2 aromatic rings. The second-order valence-electron chi connectivity index (χ2n) is 6.63. The number of benzene rings is 2. The zero-order valence-corrected chi connectivity index (χ0v) is 14.7. The van der Waals surface area contributed by atoms with E-state index >= 15 is 0 Å². The number of carbonyl (C=O) groups is 1. The first kappa shape index (κ1) is 19.1. The summed E-state index contributed by atoms with van der Waals surface area (Å²) < 4.78 is 41.5. The number of para-hydroxylation sites is 1. The summed E-state index contributed by atoms with van der Waals surface area (Å²) in [5.74, 6) is -0.470. The Morgan fingerprint density at radius 1 is 1.22 bits per heavy atom. The Morgan fingerprint density at radius 2 is 2.00 bits per heavy atom. The molecule has 0 bridgehead atoms. The van der Waals surface area contributed by atoms with Gasteiger partial charge in [0.25, 0.3) is 0 Å².